The van der Waals surface area contributed by atoms with Crippen molar-refractivity contribution in [2.45, 2.75) is 31.2 Å². The molecule has 0 saturated heterocycles. The molecule has 4 N–H and O–H groups in total. The predicted octanol–water partition coefficient (Wildman–Crippen LogP) is 3.91. The van der Waals surface area contributed by atoms with Gasteiger partial charge in [-0.05, 0) is 41.0 Å². The number of carboxylic acids is 1. The van der Waals surface area contributed by atoms with Gasteiger partial charge >= 0.3 is 5.97 Å². The van der Waals surface area contributed by atoms with Crippen LogP contribution < -0.4 is 15.4 Å². The molecule has 8 heteroatoms. The van der Waals surface area contributed by atoms with Crippen LogP contribution in [0.2, 0.25) is 0 Å². The third-order valence-electron chi connectivity index (χ3n) is 6.27. The van der Waals surface area contributed by atoms with Gasteiger partial charge in [0.2, 0.25) is 0 Å². The first-order chi connectivity index (χ1) is 19.4. The maximum atomic E-state index is 13.1. The summed E-state index contributed by atoms with van der Waals surface area (Å²) in [4.78, 5) is 38.0. The van der Waals surface area contributed by atoms with E-state index < -0.39 is 36.0 Å². The molecular formula is C32H30N2O6. The highest BCUT2D eigenvalue weighted by atomic mass is 16.5. The van der Waals surface area contributed by atoms with Crippen LogP contribution in [0.5, 0.6) is 5.75 Å². The normalized spacial score (nSPS) is 12.9. The molecule has 0 unspecified atom stereocenters. The summed E-state index contributed by atoms with van der Waals surface area (Å²) in [7, 11) is 0. The SMILES string of the molecule is O=C(N[C@@H](c1ccccc1)[C@@H](O)C(=O)N[C@H](Cc1cccc(OCc2ccccc2)c1)C(=O)O)c1ccccc1. The van der Waals surface area contributed by atoms with Gasteiger partial charge in [0.15, 0.2) is 6.10 Å². The molecule has 0 bridgehead atoms. The lowest BCUT2D eigenvalue weighted by Gasteiger charge is -2.25. The Morgan fingerprint density at radius 3 is 1.98 bits per heavy atom. The maximum absolute atomic E-state index is 13.1. The maximum Gasteiger partial charge on any atom is 0.326 e. The lowest BCUT2D eigenvalue weighted by atomic mass is 9.99. The molecule has 0 heterocycles. The van der Waals surface area contributed by atoms with Crippen LogP contribution in [0.25, 0.3) is 0 Å². The predicted molar refractivity (Wildman–Crippen MR) is 150 cm³/mol. The molecule has 4 aromatic carbocycles. The van der Waals surface area contributed by atoms with Crippen LogP contribution in [0.1, 0.15) is 33.1 Å². The second-order valence-electron chi connectivity index (χ2n) is 9.20. The molecule has 0 aromatic heterocycles. The fourth-order valence-electron chi connectivity index (χ4n) is 4.17. The molecule has 0 saturated carbocycles. The quantitative estimate of drug-likeness (QED) is 0.217. The van der Waals surface area contributed by atoms with Gasteiger partial charge in [0, 0.05) is 12.0 Å². The van der Waals surface area contributed by atoms with Crippen molar-refractivity contribution >= 4 is 17.8 Å². The molecule has 0 aliphatic carbocycles. The van der Waals surface area contributed by atoms with Gasteiger partial charge < -0.3 is 25.6 Å². The number of hydrogen-bond donors (Lipinski definition) is 4. The second kappa shape index (κ2) is 13.7. The molecule has 2 amide bonds. The number of carbonyl (C=O) groups is 3. The summed E-state index contributed by atoms with van der Waals surface area (Å²) in [5, 5.41) is 26.0. The molecule has 204 valence electrons. The average Bonchev–Trinajstić information content (AvgIpc) is 2.99. The van der Waals surface area contributed by atoms with Crippen LogP contribution in [-0.4, -0.2) is 40.1 Å². The Balaban J connectivity index is 1.45. The van der Waals surface area contributed by atoms with E-state index in [0.717, 1.165) is 5.56 Å². The average molecular weight is 539 g/mol. The van der Waals surface area contributed by atoms with Crippen LogP contribution >= 0.6 is 0 Å². The van der Waals surface area contributed by atoms with Gasteiger partial charge in [-0.3, -0.25) is 9.59 Å². The Morgan fingerprint density at radius 2 is 1.32 bits per heavy atom. The third kappa shape index (κ3) is 7.78. The molecule has 0 spiro atoms. The molecule has 0 radical (unpaired) electrons. The van der Waals surface area contributed by atoms with Crippen LogP contribution in [0, 0.1) is 0 Å². The number of carbonyl (C=O) groups excluding carboxylic acids is 2. The summed E-state index contributed by atoms with van der Waals surface area (Å²) < 4.78 is 5.83. The highest BCUT2D eigenvalue weighted by Crippen LogP contribution is 2.20. The van der Waals surface area contributed by atoms with Gasteiger partial charge in [0.1, 0.15) is 18.4 Å². The van der Waals surface area contributed by atoms with Crippen LogP contribution in [0.15, 0.2) is 115 Å². The highest BCUT2D eigenvalue weighted by Gasteiger charge is 2.32. The van der Waals surface area contributed by atoms with Gasteiger partial charge in [-0.2, -0.15) is 0 Å². The van der Waals surface area contributed by atoms with E-state index in [4.69, 9.17) is 4.74 Å². The smallest absolute Gasteiger partial charge is 0.326 e. The number of nitrogens with one attached hydrogen (secondary N) is 2. The van der Waals surface area contributed by atoms with E-state index in [0.29, 0.717) is 29.0 Å². The van der Waals surface area contributed by atoms with Crippen molar-refractivity contribution < 1.29 is 29.3 Å². The minimum atomic E-state index is -1.75. The summed E-state index contributed by atoms with van der Waals surface area (Å²) in [6, 6.07) is 31.1. The number of aliphatic hydroxyl groups is 1. The van der Waals surface area contributed by atoms with E-state index in [9.17, 15) is 24.6 Å². The Kier molecular flexibility index (Phi) is 9.63. The fourth-order valence-corrected chi connectivity index (χ4v) is 4.17. The van der Waals surface area contributed by atoms with Gasteiger partial charge in [-0.25, -0.2) is 4.79 Å². The third-order valence-corrected chi connectivity index (χ3v) is 6.27. The Labute approximate surface area is 232 Å². The van der Waals surface area contributed by atoms with Crippen LogP contribution in [0.4, 0.5) is 0 Å². The number of rotatable bonds is 12. The first-order valence-electron chi connectivity index (χ1n) is 12.8. The van der Waals surface area contributed by atoms with Gasteiger partial charge in [0.05, 0.1) is 6.04 Å². The summed E-state index contributed by atoms with van der Waals surface area (Å²) >= 11 is 0. The minimum Gasteiger partial charge on any atom is -0.489 e. The number of amides is 2. The van der Waals surface area contributed by atoms with E-state index in [-0.39, 0.29) is 6.42 Å². The highest BCUT2D eigenvalue weighted by molar-refractivity contribution is 5.95. The minimum absolute atomic E-state index is 0.0390. The zero-order valence-corrected chi connectivity index (χ0v) is 21.6. The standard InChI is InChI=1S/C32H30N2O6/c35-29(28(24-14-6-2-7-15-24)34-30(36)25-16-8-3-9-17-25)31(37)33-27(32(38)39)20-23-13-10-18-26(19-23)40-21-22-11-4-1-5-12-22/h1-19,27-29,35H,20-21H2,(H,33,37)(H,34,36)(H,38,39)/t27-,28+,29-/m1/s1. The number of aliphatic carboxylic acids is 1. The van der Waals surface area contributed by atoms with Crippen molar-refractivity contribution in [2.24, 2.45) is 0 Å². The van der Waals surface area contributed by atoms with Gasteiger partial charge in [-0.15, -0.1) is 0 Å². The topological polar surface area (TPSA) is 125 Å². The number of hydrogen-bond acceptors (Lipinski definition) is 5. The lowest BCUT2D eigenvalue weighted by molar-refractivity contribution is -0.143. The number of aliphatic hydroxyl groups excluding tert-OH is 1. The summed E-state index contributed by atoms with van der Waals surface area (Å²) in [5.41, 5.74) is 2.47. The summed E-state index contributed by atoms with van der Waals surface area (Å²) in [5.74, 6) is -2.11. The van der Waals surface area contributed by atoms with Crippen LogP contribution in [0.3, 0.4) is 0 Å². The molecule has 8 nitrogen and oxygen atoms in total. The fraction of sp³-hybridized carbons (Fsp3) is 0.156. The van der Waals surface area contributed by atoms with E-state index in [1.807, 2.05) is 30.3 Å². The largest absolute Gasteiger partial charge is 0.489 e. The van der Waals surface area contributed by atoms with Gasteiger partial charge in [0.25, 0.3) is 11.8 Å². The molecular weight excluding hydrogens is 508 g/mol. The zero-order chi connectivity index (χ0) is 28.3. The van der Waals surface area contributed by atoms with E-state index in [1.165, 1.54) is 0 Å². The van der Waals surface area contributed by atoms with E-state index in [1.54, 1.807) is 84.9 Å². The second-order valence-corrected chi connectivity index (χ2v) is 9.20. The lowest BCUT2D eigenvalue weighted by Crippen LogP contribution is -2.50. The van der Waals surface area contributed by atoms with Crippen LogP contribution in [-0.2, 0) is 22.6 Å². The molecule has 0 aliphatic rings. The summed E-state index contributed by atoms with van der Waals surface area (Å²) in [6.07, 6.45) is -1.79. The number of carboxylic acid groups (broad SMARTS) is 1. The Bertz CT molecular complexity index is 1410. The number of ether oxygens (including phenoxy) is 1. The van der Waals surface area contributed by atoms with Gasteiger partial charge in [-0.1, -0.05) is 91.0 Å². The monoisotopic (exact) mass is 538 g/mol. The van der Waals surface area contributed by atoms with Crippen molar-refractivity contribution in [3.8, 4) is 5.75 Å². The molecule has 0 aliphatic heterocycles. The molecule has 3 atom stereocenters. The summed E-state index contributed by atoms with van der Waals surface area (Å²) in [6.45, 7) is 0.352. The Hall–Kier alpha value is -4.95. The van der Waals surface area contributed by atoms with Crippen molar-refractivity contribution in [2.75, 3.05) is 0 Å². The first kappa shape index (κ1) is 28.1. The zero-order valence-electron chi connectivity index (χ0n) is 21.6. The molecule has 40 heavy (non-hydrogen) atoms. The Morgan fingerprint density at radius 1 is 0.725 bits per heavy atom. The first-order valence-corrected chi connectivity index (χ1v) is 12.8. The molecule has 4 rings (SSSR count). The van der Waals surface area contributed by atoms with E-state index in [2.05, 4.69) is 10.6 Å². The van der Waals surface area contributed by atoms with Crippen molar-refractivity contribution in [1.82, 2.24) is 10.6 Å². The van der Waals surface area contributed by atoms with Crippen molar-refractivity contribution in [3.05, 3.63) is 138 Å². The van der Waals surface area contributed by atoms with E-state index >= 15 is 0 Å². The molecule has 0 fully saturated rings. The van der Waals surface area contributed by atoms with Crippen molar-refractivity contribution in [1.29, 1.82) is 0 Å². The molecule has 4 aromatic rings. The van der Waals surface area contributed by atoms with Crippen molar-refractivity contribution in [3.63, 3.8) is 0 Å². The number of benzene rings is 4.